The van der Waals surface area contributed by atoms with Gasteiger partial charge < -0.3 is 15.5 Å². The lowest BCUT2D eigenvalue weighted by Crippen LogP contribution is -3.11. The Morgan fingerprint density at radius 1 is 1.16 bits per heavy atom. The average Bonchev–Trinajstić information content (AvgIpc) is 2.56. The number of anilines is 1. The summed E-state index contributed by atoms with van der Waals surface area (Å²) in [5.41, 5.74) is 2.39. The van der Waals surface area contributed by atoms with E-state index in [4.69, 9.17) is 6.42 Å². The van der Waals surface area contributed by atoms with Crippen molar-refractivity contribution in [2.75, 3.05) is 25.5 Å². The molecule has 0 aliphatic rings. The number of aryl methyl sites for hydroxylation is 1. The van der Waals surface area contributed by atoms with Crippen LogP contribution in [0.1, 0.15) is 37.8 Å². The van der Waals surface area contributed by atoms with Gasteiger partial charge in [-0.25, -0.2) is 0 Å². The Bertz CT molecular complexity index is 657. The van der Waals surface area contributed by atoms with E-state index < -0.39 is 5.54 Å². The van der Waals surface area contributed by atoms with Gasteiger partial charge in [-0.05, 0) is 43.9 Å². The Labute approximate surface area is 151 Å². The molecule has 25 heavy (non-hydrogen) atoms. The molecule has 0 aliphatic carbocycles. The highest BCUT2D eigenvalue weighted by molar-refractivity contribution is 5.92. The van der Waals surface area contributed by atoms with E-state index in [0.717, 1.165) is 21.7 Å². The van der Waals surface area contributed by atoms with Crippen LogP contribution >= 0.6 is 0 Å². The van der Waals surface area contributed by atoms with Crippen LogP contribution in [-0.2, 0) is 9.59 Å². The fraction of sp³-hybridized carbons (Fsp3) is 0.500. The Kier molecular flexibility index (Phi) is 7.66. The molecule has 0 saturated heterocycles. The molecule has 0 saturated carbocycles. The number of amides is 2. The molecule has 1 aromatic carbocycles. The monoisotopic (exact) mass is 344 g/mol. The topological polar surface area (TPSA) is 62.6 Å². The Hall–Kier alpha value is -2.32. The molecule has 0 bridgehead atoms. The van der Waals surface area contributed by atoms with Crippen LogP contribution in [0.3, 0.4) is 0 Å². The maximum absolute atomic E-state index is 12.2. The van der Waals surface area contributed by atoms with Gasteiger partial charge in [0.25, 0.3) is 11.8 Å². The number of terminal acetylenes is 1. The van der Waals surface area contributed by atoms with Crippen LogP contribution in [0.5, 0.6) is 0 Å². The third-order valence-electron chi connectivity index (χ3n) is 4.67. The van der Waals surface area contributed by atoms with Crippen LogP contribution in [0.2, 0.25) is 0 Å². The van der Waals surface area contributed by atoms with Crippen LogP contribution < -0.4 is 15.5 Å². The molecule has 5 nitrogen and oxygen atoms in total. The number of hydrogen-bond donors (Lipinski definition) is 3. The second-order valence-corrected chi connectivity index (χ2v) is 6.59. The third kappa shape index (κ3) is 5.91. The van der Waals surface area contributed by atoms with Gasteiger partial charge in [0.2, 0.25) is 0 Å². The number of rotatable bonds is 8. The average molecular weight is 344 g/mol. The lowest BCUT2D eigenvalue weighted by Gasteiger charge is -2.27. The zero-order valence-electron chi connectivity index (χ0n) is 16.0. The van der Waals surface area contributed by atoms with Gasteiger partial charge in [0.05, 0.1) is 7.05 Å². The number of nitrogens with one attached hydrogen (secondary N) is 3. The standard InChI is InChI=1S/C20H29N3O2/c1-7-20(8-2,9-3)22-19(25)14-23(6)13-18(24)21-17-12-10-11-15(4)16(17)5/h1,10-12H,8-9,13-14H2,2-6H3,(H,21,24)(H,22,25)/p+1. The summed E-state index contributed by atoms with van der Waals surface area (Å²) < 4.78 is 0. The van der Waals surface area contributed by atoms with Crippen molar-refractivity contribution in [2.24, 2.45) is 0 Å². The van der Waals surface area contributed by atoms with Gasteiger partial charge >= 0.3 is 0 Å². The molecular formula is C20H30N3O2+. The van der Waals surface area contributed by atoms with Crippen LogP contribution in [0.4, 0.5) is 5.69 Å². The number of quaternary nitrogens is 1. The number of hydrogen-bond acceptors (Lipinski definition) is 2. The van der Waals surface area contributed by atoms with Crippen LogP contribution in [0, 0.1) is 26.2 Å². The van der Waals surface area contributed by atoms with E-state index in [0.29, 0.717) is 12.8 Å². The second kappa shape index (κ2) is 9.24. The Morgan fingerprint density at radius 2 is 1.76 bits per heavy atom. The van der Waals surface area contributed by atoms with E-state index >= 15 is 0 Å². The largest absolute Gasteiger partial charge is 0.335 e. The predicted molar refractivity (Wildman–Crippen MR) is 101 cm³/mol. The van der Waals surface area contributed by atoms with Crippen molar-refractivity contribution >= 4 is 17.5 Å². The SMILES string of the molecule is C#CC(CC)(CC)NC(=O)C[NH+](C)CC(=O)Nc1cccc(C)c1C. The smallest absolute Gasteiger partial charge is 0.279 e. The van der Waals surface area contributed by atoms with Gasteiger partial charge in [-0.15, -0.1) is 6.42 Å². The van der Waals surface area contributed by atoms with Gasteiger partial charge in [0.1, 0.15) is 5.54 Å². The van der Waals surface area contributed by atoms with Crippen molar-refractivity contribution in [3.05, 3.63) is 29.3 Å². The zero-order chi connectivity index (χ0) is 19.0. The summed E-state index contributed by atoms with van der Waals surface area (Å²) in [5.74, 6) is 2.43. The first-order valence-electron chi connectivity index (χ1n) is 8.73. The van der Waals surface area contributed by atoms with E-state index in [1.807, 2.05) is 52.9 Å². The number of carbonyl (C=O) groups excluding carboxylic acids is 2. The first kappa shape index (κ1) is 20.7. The molecule has 0 aliphatic heterocycles. The first-order valence-corrected chi connectivity index (χ1v) is 8.73. The molecule has 5 heteroatoms. The molecule has 2 amide bonds. The molecule has 0 spiro atoms. The summed E-state index contributed by atoms with van der Waals surface area (Å²) in [5, 5.41) is 5.84. The van der Waals surface area contributed by atoms with Crippen molar-refractivity contribution in [3.8, 4) is 12.3 Å². The highest BCUT2D eigenvalue weighted by atomic mass is 16.2. The molecule has 0 fully saturated rings. The van der Waals surface area contributed by atoms with Crippen LogP contribution in [0.15, 0.2) is 18.2 Å². The van der Waals surface area contributed by atoms with Crippen LogP contribution in [0.25, 0.3) is 0 Å². The fourth-order valence-electron chi connectivity index (χ4n) is 2.67. The molecule has 1 aromatic rings. The number of carbonyl (C=O) groups is 2. The molecule has 0 aromatic heterocycles. The highest BCUT2D eigenvalue weighted by Crippen LogP contribution is 2.17. The number of benzene rings is 1. The minimum Gasteiger partial charge on any atom is -0.335 e. The van der Waals surface area contributed by atoms with Gasteiger partial charge in [0.15, 0.2) is 13.1 Å². The molecule has 3 N–H and O–H groups in total. The zero-order valence-corrected chi connectivity index (χ0v) is 16.0. The van der Waals surface area contributed by atoms with E-state index in [9.17, 15) is 9.59 Å². The van der Waals surface area contributed by atoms with Gasteiger partial charge in [-0.1, -0.05) is 31.9 Å². The van der Waals surface area contributed by atoms with Crippen molar-refractivity contribution in [2.45, 2.75) is 46.1 Å². The normalized spacial score (nSPS) is 12.2. The van der Waals surface area contributed by atoms with Crippen LogP contribution in [-0.4, -0.2) is 37.5 Å². The maximum Gasteiger partial charge on any atom is 0.279 e. The van der Waals surface area contributed by atoms with Gasteiger partial charge in [0, 0.05) is 5.69 Å². The summed E-state index contributed by atoms with van der Waals surface area (Å²) >= 11 is 0. The molecule has 0 heterocycles. The summed E-state index contributed by atoms with van der Waals surface area (Å²) in [4.78, 5) is 25.3. The summed E-state index contributed by atoms with van der Waals surface area (Å²) in [6.07, 6.45) is 6.92. The van der Waals surface area contributed by atoms with Crippen molar-refractivity contribution in [1.82, 2.24) is 5.32 Å². The Balaban J connectivity index is 2.57. The molecule has 1 rings (SSSR count). The number of likely N-dealkylation sites (N-methyl/N-ethyl adjacent to an activating group) is 1. The molecule has 0 radical (unpaired) electrons. The Morgan fingerprint density at radius 3 is 2.32 bits per heavy atom. The minimum absolute atomic E-state index is 0.117. The van der Waals surface area contributed by atoms with Gasteiger partial charge in [-0.3, -0.25) is 9.59 Å². The van der Waals surface area contributed by atoms with E-state index in [1.54, 1.807) is 0 Å². The quantitative estimate of drug-likeness (QED) is 0.618. The second-order valence-electron chi connectivity index (χ2n) is 6.59. The maximum atomic E-state index is 12.2. The van der Waals surface area contributed by atoms with Crippen molar-refractivity contribution in [3.63, 3.8) is 0 Å². The summed E-state index contributed by atoms with van der Waals surface area (Å²) in [6, 6.07) is 5.80. The summed E-state index contributed by atoms with van der Waals surface area (Å²) in [6.45, 7) is 8.30. The fourth-order valence-corrected chi connectivity index (χ4v) is 2.67. The van der Waals surface area contributed by atoms with Crippen molar-refractivity contribution in [1.29, 1.82) is 0 Å². The third-order valence-corrected chi connectivity index (χ3v) is 4.67. The van der Waals surface area contributed by atoms with E-state index in [2.05, 4.69) is 16.6 Å². The molecule has 1 unspecified atom stereocenters. The highest BCUT2D eigenvalue weighted by Gasteiger charge is 2.26. The van der Waals surface area contributed by atoms with Gasteiger partial charge in [-0.2, -0.15) is 0 Å². The van der Waals surface area contributed by atoms with E-state index in [-0.39, 0.29) is 24.9 Å². The van der Waals surface area contributed by atoms with E-state index in [1.165, 1.54) is 0 Å². The molecular weight excluding hydrogens is 314 g/mol. The molecule has 136 valence electrons. The lowest BCUT2D eigenvalue weighted by molar-refractivity contribution is -0.862. The first-order chi connectivity index (χ1) is 11.8. The lowest BCUT2D eigenvalue weighted by atomic mass is 9.94. The van der Waals surface area contributed by atoms with Crippen molar-refractivity contribution < 1.29 is 14.5 Å². The predicted octanol–water partition coefficient (Wildman–Crippen LogP) is 1.06. The summed E-state index contributed by atoms with van der Waals surface area (Å²) in [7, 11) is 1.82. The molecule has 1 atom stereocenters. The minimum atomic E-state index is -0.599.